The lowest BCUT2D eigenvalue weighted by Gasteiger charge is -2.32. The van der Waals surface area contributed by atoms with Crippen LogP contribution in [-0.2, 0) is 0 Å². The lowest BCUT2D eigenvalue weighted by atomic mass is 9.77. The summed E-state index contributed by atoms with van der Waals surface area (Å²) in [5, 5.41) is 0. The molecular weight excluding hydrogens is 266 g/mol. The topological polar surface area (TPSA) is 53.7 Å². The normalized spacial score (nSPS) is 16.0. The van der Waals surface area contributed by atoms with Crippen LogP contribution in [-0.4, -0.2) is 21.3 Å². The highest BCUT2D eigenvalue weighted by Gasteiger charge is 2.28. The van der Waals surface area contributed by atoms with E-state index in [0.717, 1.165) is 11.3 Å². The maximum absolute atomic E-state index is 6.32. The number of benzene rings is 1. The zero-order chi connectivity index (χ0) is 13.1. The van der Waals surface area contributed by atoms with Gasteiger partial charge in [-0.05, 0) is 24.8 Å². The van der Waals surface area contributed by atoms with Crippen molar-refractivity contribution in [2.75, 3.05) is 21.3 Å². The van der Waals surface area contributed by atoms with Crippen molar-refractivity contribution in [3.8, 4) is 17.2 Å². The van der Waals surface area contributed by atoms with Crippen molar-refractivity contribution in [3.05, 3.63) is 17.7 Å². The SMILES string of the molecule is COc1cc(OC)c([C@@H](N)C2CCC2)cc1OC.Cl. The first-order valence-electron chi connectivity index (χ1n) is 6.26. The van der Waals surface area contributed by atoms with E-state index < -0.39 is 0 Å². The minimum Gasteiger partial charge on any atom is -0.496 e. The Hall–Kier alpha value is -1.13. The van der Waals surface area contributed by atoms with E-state index >= 15 is 0 Å². The minimum absolute atomic E-state index is 0. The number of ether oxygens (including phenoxy) is 3. The number of halogens is 1. The van der Waals surface area contributed by atoms with Gasteiger partial charge in [0.25, 0.3) is 0 Å². The van der Waals surface area contributed by atoms with Gasteiger partial charge in [0.15, 0.2) is 11.5 Å². The summed E-state index contributed by atoms with van der Waals surface area (Å²) in [5.41, 5.74) is 7.32. The molecule has 0 aromatic heterocycles. The molecule has 0 spiro atoms. The molecule has 1 aromatic carbocycles. The quantitative estimate of drug-likeness (QED) is 0.905. The molecule has 0 heterocycles. The van der Waals surface area contributed by atoms with Gasteiger partial charge in [0.05, 0.1) is 21.3 Å². The largest absolute Gasteiger partial charge is 0.496 e. The zero-order valence-electron chi connectivity index (χ0n) is 11.6. The molecule has 1 aliphatic carbocycles. The Kier molecular flexibility index (Phi) is 5.76. The third-order valence-electron chi connectivity index (χ3n) is 3.75. The van der Waals surface area contributed by atoms with Crippen molar-refractivity contribution >= 4 is 12.4 Å². The van der Waals surface area contributed by atoms with Crippen molar-refractivity contribution in [1.82, 2.24) is 0 Å². The molecule has 5 heteroatoms. The Labute approximate surface area is 120 Å². The van der Waals surface area contributed by atoms with Crippen LogP contribution >= 0.6 is 12.4 Å². The molecule has 0 aliphatic heterocycles. The van der Waals surface area contributed by atoms with Crippen molar-refractivity contribution in [2.24, 2.45) is 11.7 Å². The number of hydrogen-bond acceptors (Lipinski definition) is 4. The molecule has 108 valence electrons. The van der Waals surface area contributed by atoms with Gasteiger partial charge in [-0.15, -0.1) is 12.4 Å². The average molecular weight is 288 g/mol. The minimum atomic E-state index is 0. The van der Waals surface area contributed by atoms with Gasteiger partial charge in [0, 0.05) is 17.7 Å². The average Bonchev–Trinajstić information content (AvgIpc) is 2.34. The van der Waals surface area contributed by atoms with Gasteiger partial charge < -0.3 is 19.9 Å². The summed E-state index contributed by atoms with van der Waals surface area (Å²) in [4.78, 5) is 0. The summed E-state index contributed by atoms with van der Waals surface area (Å²) in [6.07, 6.45) is 3.66. The van der Waals surface area contributed by atoms with Crippen molar-refractivity contribution < 1.29 is 14.2 Å². The molecule has 1 saturated carbocycles. The van der Waals surface area contributed by atoms with Crippen LogP contribution in [0.1, 0.15) is 30.9 Å². The van der Waals surface area contributed by atoms with Crippen molar-refractivity contribution in [3.63, 3.8) is 0 Å². The molecule has 1 atom stereocenters. The maximum atomic E-state index is 6.32. The van der Waals surface area contributed by atoms with Crippen LogP contribution in [0.2, 0.25) is 0 Å². The Bertz CT molecular complexity index is 421. The highest BCUT2D eigenvalue weighted by atomic mass is 35.5. The van der Waals surface area contributed by atoms with Crippen LogP contribution in [0, 0.1) is 5.92 Å². The summed E-state index contributed by atoms with van der Waals surface area (Å²) in [5.74, 6) is 2.69. The summed E-state index contributed by atoms with van der Waals surface area (Å²) in [7, 11) is 4.89. The first kappa shape index (κ1) is 15.9. The standard InChI is InChI=1S/C14H21NO3.ClH/c1-16-11-8-13(18-3)12(17-2)7-10(11)14(15)9-5-4-6-9;/h7-9,14H,4-6,15H2,1-3H3;1H/t14-;/m0./s1. The Morgan fingerprint density at radius 1 is 1.00 bits per heavy atom. The van der Waals surface area contributed by atoms with Crippen molar-refractivity contribution in [2.45, 2.75) is 25.3 Å². The maximum Gasteiger partial charge on any atom is 0.164 e. The van der Waals surface area contributed by atoms with Crippen molar-refractivity contribution in [1.29, 1.82) is 0 Å². The summed E-state index contributed by atoms with van der Waals surface area (Å²) in [6.45, 7) is 0. The predicted octanol–water partition coefficient (Wildman–Crippen LogP) is 2.93. The second kappa shape index (κ2) is 6.87. The van der Waals surface area contributed by atoms with Gasteiger partial charge >= 0.3 is 0 Å². The Morgan fingerprint density at radius 3 is 1.95 bits per heavy atom. The third kappa shape index (κ3) is 3.07. The fraction of sp³-hybridized carbons (Fsp3) is 0.571. The highest BCUT2D eigenvalue weighted by molar-refractivity contribution is 5.85. The van der Waals surface area contributed by atoms with Gasteiger partial charge in [0.1, 0.15) is 5.75 Å². The molecule has 2 rings (SSSR count). The van der Waals surface area contributed by atoms with Crippen LogP contribution in [0.3, 0.4) is 0 Å². The van der Waals surface area contributed by atoms with E-state index in [0.29, 0.717) is 17.4 Å². The molecule has 0 amide bonds. The van der Waals surface area contributed by atoms with E-state index in [-0.39, 0.29) is 18.4 Å². The second-order valence-electron chi connectivity index (χ2n) is 4.67. The van der Waals surface area contributed by atoms with Gasteiger partial charge in [-0.2, -0.15) is 0 Å². The fourth-order valence-corrected chi connectivity index (χ4v) is 2.37. The van der Waals surface area contributed by atoms with Gasteiger partial charge in [-0.1, -0.05) is 6.42 Å². The molecule has 1 aromatic rings. The molecule has 0 unspecified atom stereocenters. The molecule has 0 radical (unpaired) electrons. The van der Waals surface area contributed by atoms with Crippen LogP contribution in [0.25, 0.3) is 0 Å². The fourth-order valence-electron chi connectivity index (χ4n) is 2.37. The van der Waals surface area contributed by atoms with E-state index in [4.69, 9.17) is 19.9 Å². The number of nitrogens with two attached hydrogens (primary N) is 1. The number of rotatable bonds is 5. The van der Waals surface area contributed by atoms with Gasteiger partial charge in [-0.3, -0.25) is 0 Å². The first-order valence-corrected chi connectivity index (χ1v) is 6.26. The predicted molar refractivity (Wildman–Crippen MR) is 77.6 cm³/mol. The molecular formula is C14H22ClNO3. The number of methoxy groups -OCH3 is 3. The summed E-state index contributed by atoms with van der Waals surface area (Å²) in [6, 6.07) is 3.78. The molecule has 1 aliphatic rings. The molecule has 1 fully saturated rings. The lowest BCUT2D eigenvalue weighted by Crippen LogP contribution is -2.27. The summed E-state index contributed by atoms with van der Waals surface area (Å²) < 4.78 is 16.0. The Balaban J connectivity index is 0.00000180. The van der Waals surface area contributed by atoms with Crippen LogP contribution in [0.4, 0.5) is 0 Å². The van der Waals surface area contributed by atoms with E-state index in [1.165, 1.54) is 19.3 Å². The van der Waals surface area contributed by atoms with Gasteiger partial charge in [-0.25, -0.2) is 0 Å². The smallest absolute Gasteiger partial charge is 0.164 e. The van der Waals surface area contributed by atoms with Crippen LogP contribution in [0.5, 0.6) is 17.2 Å². The first-order chi connectivity index (χ1) is 8.71. The van der Waals surface area contributed by atoms with E-state index in [9.17, 15) is 0 Å². The van der Waals surface area contributed by atoms with Crippen LogP contribution in [0.15, 0.2) is 12.1 Å². The molecule has 19 heavy (non-hydrogen) atoms. The van der Waals surface area contributed by atoms with E-state index in [2.05, 4.69) is 0 Å². The Morgan fingerprint density at radius 2 is 1.53 bits per heavy atom. The highest BCUT2D eigenvalue weighted by Crippen LogP contribution is 2.43. The van der Waals surface area contributed by atoms with Crippen LogP contribution < -0.4 is 19.9 Å². The summed E-state index contributed by atoms with van der Waals surface area (Å²) >= 11 is 0. The lowest BCUT2D eigenvalue weighted by molar-refractivity contribution is 0.258. The zero-order valence-corrected chi connectivity index (χ0v) is 12.5. The third-order valence-corrected chi connectivity index (χ3v) is 3.75. The molecule has 0 saturated heterocycles. The second-order valence-corrected chi connectivity index (χ2v) is 4.67. The number of hydrogen-bond donors (Lipinski definition) is 1. The molecule has 4 nitrogen and oxygen atoms in total. The molecule has 2 N–H and O–H groups in total. The van der Waals surface area contributed by atoms with E-state index in [1.54, 1.807) is 21.3 Å². The van der Waals surface area contributed by atoms with Gasteiger partial charge in [0.2, 0.25) is 0 Å². The van der Waals surface area contributed by atoms with E-state index in [1.807, 2.05) is 12.1 Å². The monoisotopic (exact) mass is 287 g/mol. The molecule has 0 bridgehead atoms.